The van der Waals surface area contributed by atoms with Crippen LogP contribution >= 0.6 is 11.6 Å². The molecule has 19 heavy (non-hydrogen) atoms. The van der Waals surface area contributed by atoms with Crippen molar-refractivity contribution in [1.82, 2.24) is 0 Å². The van der Waals surface area contributed by atoms with Crippen molar-refractivity contribution in [3.63, 3.8) is 0 Å². The van der Waals surface area contributed by atoms with Crippen LogP contribution < -0.4 is 11.1 Å². The van der Waals surface area contributed by atoms with Gasteiger partial charge in [0, 0.05) is 17.7 Å². The first-order valence-electron chi connectivity index (χ1n) is 7.04. The summed E-state index contributed by atoms with van der Waals surface area (Å²) in [7, 11) is 0. The Morgan fingerprint density at radius 1 is 1.42 bits per heavy atom. The van der Waals surface area contributed by atoms with E-state index in [1.54, 1.807) is 6.07 Å². The molecule has 1 heterocycles. The Morgan fingerprint density at radius 2 is 2.16 bits per heavy atom. The first-order valence-corrected chi connectivity index (χ1v) is 7.42. The molecule has 2 rings (SSSR count). The molecule has 1 atom stereocenters. The SMILES string of the molecule is CCC1(CC)CC(Nc2ccc(Cl)cc2N)CCO1. The van der Waals surface area contributed by atoms with Crippen LogP contribution in [-0.2, 0) is 4.74 Å². The van der Waals surface area contributed by atoms with Gasteiger partial charge >= 0.3 is 0 Å². The Labute approximate surface area is 120 Å². The minimum Gasteiger partial charge on any atom is -0.397 e. The number of halogens is 1. The average Bonchev–Trinajstić information content (AvgIpc) is 2.42. The zero-order chi connectivity index (χ0) is 13.9. The van der Waals surface area contributed by atoms with Gasteiger partial charge < -0.3 is 15.8 Å². The molecule has 3 nitrogen and oxygen atoms in total. The van der Waals surface area contributed by atoms with E-state index in [9.17, 15) is 0 Å². The smallest absolute Gasteiger partial charge is 0.0696 e. The summed E-state index contributed by atoms with van der Waals surface area (Å²) in [5.74, 6) is 0. The van der Waals surface area contributed by atoms with Gasteiger partial charge in [-0.3, -0.25) is 0 Å². The molecule has 1 aliphatic heterocycles. The van der Waals surface area contributed by atoms with Gasteiger partial charge in [0.1, 0.15) is 0 Å². The van der Waals surface area contributed by atoms with Crippen molar-refractivity contribution in [1.29, 1.82) is 0 Å². The largest absolute Gasteiger partial charge is 0.397 e. The molecule has 1 unspecified atom stereocenters. The summed E-state index contributed by atoms with van der Waals surface area (Å²) >= 11 is 5.92. The van der Waals surface area contributed by atoms with Crippen molar-refractivity contribution in [2.24, 2.45) is 0 Å². The fraction of sp³-hybridized carbons (Fsp3) is 0.600. The van der Waals surface area contributed by atoms with Gasteiger partial charge in [0.05, 0.1) is 17.0 Å². The Morgan fingerprint density at radius 3 is 2.79 bits per heavy atom. The summed E-state index contributed by atoms with van der Waals surface area (Å²) < 4.78 is 5.99. The standard InChI is InChI=1S/C15H23ClN2O/c1-3-15(4-2)10-12(7-8-19-15)18-14-6-5-11(16)9-13(14)17/h5-6,9,12,18H,3-4,7-8,10,17H2,1-2H3. The van der Waals surface area contributed by atoms with Gasteiger partial charge in [-0.05, 0) is 43.9 Å². The van der Waals surface area contributed by atoms with Crippen LogP contribution in [0.1, 0.15) is 39.5 Å². The molecule has 0 bridgehead atoms. The summed E-state index contributed by atoms with van der Waals surface area (Å²) in [5, 5.41) is 4.21. The van der Waals surface area contributed by atoms with E-state index < -0.39 is 0 Å². The average molecular weight is 283 g/mol. The predicted molar refractivity (Wildman–Crippen MR) is 81.8 cm³/mol. The van der Waals surface area contributed by atoms with E-state index >= 15 is 0 Å². The number of anilines is 2. The van der Waals surface area contributed by atoms with E-state index in [-0.39, 0.29) is 5.60 Å². The Hall–Kier alpha value is -0.930. The highest BCUT2D eigenvalue weighted by atomic mass is 35.5. The third-order valence-electron chi connectivity index (χ3n) is 4.15. The van der Waals surface area contributed by atoms with Gasteiger partial charge in [0.25, 0.3) is 0 Å². The van der Waals surface area contributed by atoms with Gasteiger partial charge in [-0.15, -0.1) is 0 Å². The van der Waals surface area contributed by atoms with E-state index in [0.29, 0.717) is 16.8 Å². The van der Waals surface area contributed by atoms with Gasteiger partial charge in [-0.2, -0.15) is 0 Å². The second-order valence-corrected chi connectivity index (χ2v) is 5.74. The van der Waals surface area contributed by atoms with Crippen LogP contribution in [0.2, 0.25) is 5.02 Å². The van der Waals surface area contributed by atoms with Crippen molar-refractivity contribution < 1.29 is 4.74 Å². The second kappa shape index (κ2) is 6.02. The van der Waals surface area contributed by atoms with Crippen LogP contribution in [0.15, 0.2) is 18.2 Å². The molecule has 0 radical (unpaired) electrons. The third-order valence-corrected chi connectivity index (χ3v) is 4.39. The lowest BCUT2D eigenvalue weighted by atomic mass is 9.86. The van der Waals surface area contributed by atoms with Crippen molar-refractivity contribution in [2.75, 3.05) is 17.7 Å². The highest BCUT2D eigenvalue weighted by molar-refractivity contribution is 6.31. The van der Waals surface area contributed by atoms with Crippen molar-refractivity contribution in [3.05, 3.63) is 23.2 Å². The van der Waals surface area contributed by atoms with Crippen LogP contribution in [0, 0.1) is 0 Å². The molecule has 1 aromatic rings. The number of hydrogen-bond donors (Lipinski definition) is 2. The number of rotatable bonds is 4. The maximum Gasteiger partial charge on any atom is 0.0696 e. The summed E-state index contributed by atoms with van der Waals surface area (Å²) in [4.78, 5) is 0. The molecular formula is C15H23ClN2O. The highest BCUT2D eigenvalue weighted by Gasteiger charge is 2.34. The monoisotopic (exact) mass is 282 g/mol. The Bertz CT molecular complexity index is 432. The molecule has 1 fully saturated rings. The minimum atomic E-state index is 0.0249. The lowest BCUT2D eigenvalue weighted by Crippen LogP contribution is -2.43. The van der Waals surface area contributed by atoms with Gasteiger partial charge in [0.15, 0.2) is 0 Å². The molecule has 1 aromatic carbocycles. The van der Waals surface area contributed by atoms with Crippen LogP contribution in [0.3, 0.4) is 0 Å². The number of ether oxygens (including phenoxy) is 1. The van der Waals surface area contributed by atoms with E-state index in [2.05, 4.69) is 19.2 Å². The maximum absolute atomic E-state index is 5.99. The van der Waals surface area contributed by atoms with E-state index in [1.165, 1.54) is 0 Å². The maximum atomic E-state index is 5.99. The lowest BCUT2D eigenvalue weighted by molar-refractivity contribution is -0.0864. The topological polar surface area (TPSA) is 47.3 Å². The van der Waals surface area contributed by atoms with Crippen LogP contribution in [0.4, 0.5) is 11.4 Å². The molecule has 0 saturated carbocycles. The summed E-state index contributed by atoms with van der Waals surface area (Å²) in [5.41, 5.74) is 7.69. The molecule has 1 saturated heterocycles. The molecule has 4 heteroatoms. The minimum absolute atomic E-state index is 0.0249. The predicted octanol–water partition coefficient (Wildman–Crippen LogP) is 4.07. The zero-order valence-electron chi connectivity index (χ0n) is 11.7. The molecule has 0 amide bonds. The fourth-order valence-electron chi connectivity index (χ4n) is 2.78. The molecule has 0 spiro atoms. The molecular weight excluding hydrogens is 260 g/mol. The van der Waals surface area contributed by atoms with E-state index in [0.717, 1.165) is 38.0 Å². The van der Waals surface area contributed by atoms with Crippen LogP contribution in [-0.4, -0.2) is 18.2 Å². The zero-order valence-corrected chi connectivity index (χ0v) is 12.5. The van der Waals surface area contributed by atoms with E-state index in [1.807, 2.05) is 12.1 Å². The van der Waals surface area contributed by atoms with Crippen LogP contribution in [0.5, 0.6) is 0 Å². The number of benzene rings is 1. The normalized spacial score (nSPS) is 22.2. The molecule has 3 N–H and O–H groups in total. The Kier molecular flexibility index (Phi) is 4.58. The number of hydrogen-bond acceptors (Lipinski definition) is 3. The first-order chi connectivity index (χ1) is 9.08. The third kappa shape index (κ3) is 3.34. The molecule has 0 aromatic heterocycles. The van der Waals surface area contributed by atoms with Crippen molar-refractivity contribution >= 4 is 23.0 Å². The molecule has 106 valence electrons. The summed E-state index contributed by atoms with van der Waals surface area (Å²) in [6.07, 6.45) is 4.15. The van der Waals surface area contributed by atoms with Crippen molar-refractivity contribution in [3.8, 4) is 0 Å². The fourth-order valence-corrected chi connectivity index (χ4v) is 2.96. The molecule has 1 aliphatic rings. The van der Waals surface area contributed by atoms with Crippen molar-refractivity contribution in [2.45, 2.75) is 51.2 Å². The first kappa shape index (κ1) is 14.5. The van der Waals surface area contributed by atoms with Gasteiger partial charge in [0.2, 0.25) is 0 Å². The summed E-state index contributed by atoms with van der Waals surface area (Å²) in [6.45, 7) is 5.21. The number of nitrogen functional groups attached to an aromatic ring is 1. The van der Waals surface area contributed by atoms with Gasteiger partial charge in [-0.1, -0.05) is 25.4 Å². The quantitative estimate of drug-likeness (QED) is 0.818. The Balaban J connectivity index is 2.06. The number of nitrogens with two attached hydrogens (primary N) is 1. The second-order valence-electron chi connectivity index (χ2n) is 5.30. The lowest BCUT2D eigenvalue weighted by Gasteiger charge is -2.40. The van der Waals surface area contributed by atoms with Gasteiger partial charge in [-0.25, -0.2) is 0 Å². The number of nitrogens with one attached hydrogen (secondary N) is 1. The van der Waals surface area contributed by atoms with E-state index in [4.69, 9.17) is 22.1 Å². The summed E-state index contributed by atoms with van der Waals surface area (Å²) in [6, 6.07) is 6.02. The van der Waals surface area contributed by atoms with Crippen LogP contribution in [0.25, 0.3) is 0 Å². The molecule has 0 aliphatic carbocycles. The highest BCUT2D eigenvalue weighted by Crippen LogP contribution is 2.33.